The van der Waals surface area contributed by atoms with Crippen LogP contribution in [0.3, 0.4) is 0 Å². The van der Waals surface area contributed by atoms with Gasteiger partial charge in [-0.3, -0.25) is 10.1 Å². The summed E-state index contributed by atoms with van der Waals surface area (Å²) < 4.78 is 5.39. The largest absolute Gasteiger partial charge is 0.378 e. The molecule has 0 bridgehead atoms. The van der Waals surface area contributed by atoms with E-state index in [0.29, 0.717) is 0 Å². The highest BCUT2D eigenvalue weighted by Crippen LogP contribution is 2.30. The number of morpholine rings is 1. The monoisotopic (exact) mass is 286 g/mol. The standard InChI is InChI=1S/C16H18N2O3/c19-18(20)15-5-1-3-13(12-15)11-14-4-2-6-16(14)17-7-9-21-10-8-17/h1,3,5-6,11-12H,2,4,7-10H2. The lowest BCUT2D eigenvalue weighted by Crippen LogP contribution is -2.35. The first-order valence-electron chi connectivity index (χ1n) is 7.22. The van der Waals surface area contributed by atoms with Gasteiger partial charge in [-0.05, 0) is 30.1 Å². The van der Waals surface area contributed by atoms with E-state index in [2.05, 4.69) is 17.1 Å². The summed E-state index contributed by atoms with van der Waals surface area (Å²) in [7, 11) is 0. The molecule has 0 spiro atoms. The third kappa shape index (κ3) is 3.13. The van der Waals surface area contributed by atoms with Crippen molar-refractivity contribution in [2.75, 3.05) is 26.3 Å². The van der Waals surface area contributed by atoms with Gasteiger partial charge >= 0.3 is 0 Å². The van der Waals surface area contributed by atoms with Crippen molar-refractivity contribution in [3.05, 3.63) is 57.3 Å². The molecular weight excluding hydrogens is 268 g/mol. The van der Waals surface area contributed by atoms with Crippen LogP contribution in [0.5, 0.6) is 0 Å². The maximum absolute atomic E-state index is 10.9. The Morgan fingerprint density at radius 1 is 1.29 bits per heavy atom. The molecule has 3 rings (SSSR count). The Labute approximate surface area is 123 Å². The normalized spacial score (nSPS) is 20.7. The molecule has 0 radical (unpaired) electrons. The summed E-state index contributed by atoms with van der Waals surface area (Å²) in [6.07, 6.45) is 6.36. The molecule has 1 aliphatic heterocycles. The number of hydrogen-bond donors (Lipinski definition) is 0. The Kier molecular flexibility index (Phi) is 4.01. The van der Waals surface area contributed by atoms with Gasteiger partial charge in [0.05, 0.1) is 18.1 Å². The zero-order valence-corrected chi connectivity index (χ0v) is 11.8. The van der Waals surface area contributed by atoms with Crippen LogP contribution in [-0.2, 0) is 4.74 Å². The quantitative estimate of drug-likeness (QED) is 0.633. The Bertz CT molecular complexity index is 601. The fraction of sp³-hybridized carbons (Fsp3) is 0.375. The van der Waals surface area contributed by atoms with Crippen LogP contribution in [0.15, 0.2) is 41.6 Å². The average molecular weight is 286 g/mol. The van der Waals surface area contributed by atoms with Gasteiger partial charge in [-0.1, -0.05) is 18.2 Å². The van der Waals surface area contributed by atoms with Crippen LogP contribution in [-0.4, -0.2) is 36.1 Å². The van der Waals surface area contributed by atoms with Crippen LogP contribution in [0, 0.1) is 10.1 Å². The second-order valence-electron chi connectivity index (χ2n) is 5.25. The van der Waals surface area contributed by atoms with Crippen LogP contribution in [0.4, 0.5) is 5.69 Å². The second kappa shape index (κ2) is 6.10. The molecule has 1 aromatic carbocycles. The van der Waals surface area contributed by atoms with E-state index in [1.165, 1.54) is 17.3 Å². The van der Waals surface area contributed by atoms with E-state index >= 15 is 0 Å². The number of nitrogens with zero attached hydrogens (tertiary/aromatic N) is 2. The third-order valence-corrected chi connectivity index (χ3v) is 3.85. The zero-order valence-electron chi connectivity index (χ0n) is 11.8. The van der Waals surface area contributed by atoms with Crippen molar-refractivity contribution < 1.29 is 9.66 Å². The van der Waals surface area contributed by atoms with Gasteiger partial charge in [0.25, 0.3) is 5.69 Å². The van der Waals surface area contributed by atoms with Crippen molar-refractivity contribution in [2.24, 2.45) is 0 Å². The molecule has 1 saturated heterocycles. The molecule has 1 aliphatic carbocycles. The van der Waals surface area contributed by atoms with Gasteiger partial charge in [0, 0.05) is 30.9 Å². The van der Waals surface area contributed by atoms with Crippen LogP contribution in [0.25, 0.3) is 6.08 Å². The number of hydrogen-bond acceptors (Lipinski definition) is 4. The minimum absolute atomic E-state index is 0.138. The van der Waals surface area contributed by atoms with E-state index < -0.39 is 0 Å². The number of allylic oxidation sites excluding steroid dienone is 2. The van der Waals surface area contributed by atoms with E-state index in [9.17, 15) is 10.1 Å². The highest BCUT2D eigenvalue weighted by atomic mass is 16.6. The van der Waals surface area contributed by atoms with Crippen LogP contribution in [0.2, 0.25) is 0 Å². The van der Waals surface area contributed by atoms with Crippen LogP contribution in [0.1, 0.15) is 18.4 Å². The van der Waals surface area contributed by atoms with E-state index in [-0.39, 0.29) is 10.6 Å². The van der Waals surface area contributed by atoms with E-state index in [1.807, 2.05) is 6.07 Å². The van der Waals surface area contributed by atoms with Crippen LogP contribution >= 0.6 is 0 Å². The number of benzene rings is 1. The Morgan fingerprint density at radius 3 is 2.86 bits per heavy atom. The fourth-order valence-corrected chi connectivity index (χ4v) is 2.84. The number of ether oxygens (including phenoxy) is 1. The van der Waals surface area contributed by atoms with E-state index in [0.717, 1.165) is 44.7 Å². The van der Waals surface area contributed by atoms with Crippen molar-refractivity contribution in [2.45, 2.75) is 12.8 Å². The van der Waals surface area contributed by atoms with E-state index in [4.69, 9.17) is 4.74 Å². The average Bonchev–Trinajstić information content (AvgIpc) is 2.96. The maximum Gasteiger partial charge on any atom is 0.270 e. The van der Waals surface area contributed by atoms with Gasteiger partial charge in [0.15, 0.2) is 0 Å². The minimum Gasteiger partial charge on any atom is -0.378 e. The van der Waals surface area contributed by atoms with Gasteiger partial charge in [-0.2, -0.15) is 0 Å². The molecule has 5 nitrogen and oxygen atoms in total. The molecule has 1 fully saturated rings. The molecule has 0 unspecified atom stereocenters. The van der Waals surface area contributed by atoms with Crippen molar-refractivity contribution in [1.29, 1.82) is 0 Å². The van der Waals surface area contributed by atoms with Gasteiger partial charge < -0.3 is 9.64 Å². The molecule has 5 heteroatoms. The Hall–Kier alpha value is -2.14. The molecule has 2 aliphatic rings. The Morgan fingerprint density at radius 2 is 2.10 bits per heavy atom. The predicted molar refractivity (Wildman–Crippen MR) is 80.8 cm³/mol. The summed E-state index contributed by atoms with van der Waals surface area (Å²) in [6.45, 7) is 3.36. The summed E-state index contributed by atoms with van der Waals surface area (Å²) in [5.74, 6) is 0. The summed E-state index contributed by atoms with van der Waals surface area (Å²) >= 11 is 0. The van der Waals surface area contributed by atoms with Gasteiger partial charge in [0.2, 0.25) is 0 Å². The molecule has 110 valence electrons. The first-order valence-corrected chi connectivity index (χ1v) is 7.22. The van der Waals surface area contributed by atoms with Gasteiger partial charge in [-0.15, -0.1) is 0 Å². The van der Waals surface area contributed by atoms with Gasteiger partial charge in [0.1, 0.15) is 0 Å². The molecule has 1 heterocycles. The molecular formula is C16H18N2O3. The van der Waals surface area contributed by atoms with Crippen molar-refractivity contribution in [1.82, 2.24) is 4.90 Å². The minimum atomic E-state index is -0.352. The number of nitro groups is 1. The third-order valence-electron chi connectivity index (χ3n) is 3.85. The first kappa shape index (κ1) is 13.8. The summed E-state index contributed by atoms with van der Waals surface area (Å²) in [5.41, 5.74) is 3.56. The van der Waals surface area contributed by atoms with Crippen molar-refractivity contribution in [3.63, 3.8) is 0 Å². The lowest BCUT2D eigenvalue weighted by molar-refractivity contribution is -0.384. The lowest BCUT2D eigenvalue weighted by atomic mass is 10.1. The van der Waals surface area contributed by atoms with Gasteiger partial charge in [-0.25, -0.2) is 0 Å². The highest BCUT2D eigenvalue weighted by Gasteiger charge is 2.20. The summed E-state index contributed by atoms with van der Waals surface area (Å²) in [6, 6.07) is 6.80. The summed E-state index contributed by atoms with van der Waals surface area (Å²) in [4.78, 5) is 12.8. The van der Waals surface area contributed by atoms with Crippen molar-refractivity contribution in [3.8, 4) is 0 Å². The highest BCUT2D eigenvalue weighted by molar-refractivity contribution is 5.61. The SMILES string of the molecule is O=[N+]([O-])c1cccc(C=C2CCC=C2N2CCOCC2)c1. The fourth-order valence-electron chi connectivity index (χ4n) is 2.84. The molecule has 21 heavy (non-hydrogen) atoms. The maximum atomic E-state index is 10.9. The van der Waals surface area contributed by atoms with Crippen molar-refractivity contribution >= 4 is 11.8 Å². The molecule has 0 amide bonds. The Balaban J connectivity index is 1.83. The number of nitro benzene ring substituents is 1. The van der Waals surface area contributed by atoms with E-state index in [1.54, 1.807) is 12.1 Å². The molecule has 0 atom stereocenters. The number of non-ortho nitro benzene ring substituents is 1. The summed E-state index contributed by atoms with van der Waals surface area (Å²) in [5, 5.41) is 10.9. The zero-order chi connectivity index (χ0) is 14.7. The number of rotatable bonds is 3. The molecule has 1 aromatic rings. The second-order valence-corrected chi connectivity index (χ2v) is 5.25. The molecule has 0 aromatic heterocycles. The lowest BCUT2D eigenvalue weighted by Gasteiger charge is -2.30. The first-order chi connectivity index (χ1) is 10.2. The van der Waals surface area contributed by atoms with Crippen LogP contribution < -0.4 is 0 Å². The smallest absolute Gasteiger partial charge is 0.270 e. The molecule has 0 N–H and O–H groups in total. The molecule has 0 saturated carbocycles. The predicted octanol–water partition coefficient (Wildman–Crippen LogP) is 2.99. The topological polar surface area (TPSA) is 55.6 Å².